The molecule has 0 spiro atoms. The van der Waals surface area contributed by atoms with Crippen LogP contribution in [0.25, 0.3) is 11.2 Å². The van der Waals surface area contributed by atoms with E-state index in [0.29, 0.717) is 12.2 Å². The molecular weight excluding hydrogens is 420 g/mol. The highest BCUT2D eigenvalue weighted by Crippen LogP contribution is 2.36. The van der Waals surface area contributed by atoms with Crippen molar-refractivity contribution in [2.45, 2.75) is 63.4 Å². The van der Waals surface area contributed by atoms with E-state index in [0.717, 1.165) is 25.7 Å². The quantitative estimate of drug-likeness (QED) is 0.396. The minimum atomic E-state index is -1.17. The molecule has 13 nitrogen and oxygen atoms in total. The molecular formula is C19H28N8O5. The number of anilines is 1. The number of hydrogen-bond acceptors (Lipinski definition) is 11. The summed E-state index contributed by atoms with van der Waals surface area (Å²) in [5.41, 5.74) is 5.83. The van der Waals surface area contributed by atoms with E-state index in [-0.39, 0.29) is 17.1 Å². The molecule has 2 aliphatic rings. The van der Waals surface area contributed by atoms with Gasteiger partial charge in [0.05, 0.1) is 12.9 Å². The van der Waals surface area contributed by atoms with E-state index in [2.05, 4.69) is 38.8 Å². The van der Waals surface area contributed by atoms with Crippen LogP contribution in [0.15, 0.2) is 33.7 Å². The Hall–Kier alpha value is -2.87. The zero-order chi connectivity index (χ0) is 22.8. The van der Waals surface area contributed by atoms with Gasteiger partial charge in [-0.2, -0.15) is 4.98 Å². The molecule has 32 heavy (non-hydrogen) atoms. The number of aromatic nitrogens is 4. The summed E-state index contributed by atoms with van der Waals surface area (Å²) in [7, 11) is 0. The van der Waals surface area contributed by atoms with Crippen LogP contribution in [0.5, 0.6) is 0 Å². The monoisotopic (exact) mass is 448 g/mol. The van der Waals surface area contributed by atoms with Crippen LogP contribution >= 0.6 is 0 Å². The minimum absolute atomic E-state index is 0.0660. The van der Waals surface area contributed by atoms with Gasteiger partial charge in [-0.25, -0.2) is 9.99 Å². The van der Waals surface area contributed by atoms with E-state index in [1.54, 1.807) is 5.01 Å². The third-order valence-electron chi connectivity index (χ3n) is 5.59. The van der Waals surface area contributed by atoms with Crippen molar-refractivity contribution in [3.05, 3.63) is 29.0 Å². The molecule has 1 saturated heterocycles. The van der Waals surface area contributed by atoms with E-state index in [9.17, 15) is 15.0 Å². The molecule has 4 rings (SSSR count). The molecule has 2 aromatic heterocycles. The second-order valence-electron chi connectivity index (χ2n) is 7.87. The molecule has 2 aliphatic heterocycles. The van der Waals surface area contributed by atoms with Gasteiger partial charge in [0.15, 0.2) is 23.6 Å². The molecule has 2 aromatic rings. The van der Waals surface area contributed by atoms with Crippen molar-refractivity contribution >= 4 is 17.1 Å². The molecule has 0 bridgehead atoms. The van der Waals surface area contributed by atoms with E-state index < -0.39 is 42.9 Å². The Balaban J connectivity index is 1.60. The number of fused-ring (bicyclic) bond motifs is 1. The maximum atomic E-state index is 12.1. The fraction of sp³-hybridized carbons (Fsp3) is 0.632. The van der Waals surface area contributed by atoms with Crippen molar-refractivity contribution in [3.63, 3.8) is 0 Å². The highest BCUT2D eigenvalue weighted by Gasteiger charge is 2.48. The third-order valence-corrected chi connectivity index (χ3v) is 5.59. The summed E-state index contributed by atoms with van der Waals surface area (Å²) in [6.45, 7) is 6.23. The number of nitrogens with one attached hydrogen (secondary N) is 1. The van der Waals surface area contributed by atoms with Gasteiger partial charge in [-0.1, -0.05) is 38.0 Å². The van der Waals surface area contributed by atoms with Crippen LogP contribution in [0.2, 0.25) is 0 Å². The zero-order valence-corrected chi connectivity index (χ0v) is 17.8. The van der Waals surface area contributed by atoms with Gasteiger partial charge < -0.3 is 25.4 Å². The number of unbranched alkanes of at least 4 members (excludes halogenated alkanes) is 3. The number of aliphatic hydroxyl groups excluding tert-OH is 2. The summed E-state index contributed by atoms with van der Waals surface area (Å²) in [6.07, 6.45) is 0.892. The van der Waals surface area contributed by atoms with Crippen LogP contribution in [0.3, 0.4) is 0 Å². The van der Waals surface area contributed by atoms with E-state index in [1.165, 1.54) is 10.9 Å². The van der Waals surface area contributed by atoms with E-state index in [4.69, 9.17) is 15.2 Å². The molecule has 13 heteroatoms. The Labute approximate surface area is 183 Å². The summed E-state index contributed by atoms with van der Waals surface area (Å²) in [6, 6.07) is 0. The lowest BCUT2D eigenvalue weighted by Gasteiger charge is -2.29. The molecule has 4 heterocycles. The van der Waals surface area contributed by atoms with Crippen molar-refractivity contribution in [3.8, 4) is 0 Å². The molecule has 5 atom stereocenters. The van der Waals surface area contributed by atoms with Gasteiger partial charge >= 0.3 is 0 Å². The van der Waals surface area contributed by atoms with Gasteiger partial charge in [0.2, 0.25) is 5.95 Å². The number of ether oxygens (including phenoxy) is 2. The average Bonchev–Trinajstić information content (AvgIpc) is 3.43. The van der Waals surface area contributed by atoms with Crippen LogP contribution in [0.4, 0.5) is 5.95 Å². The lowest BCUT2D eigenvalue weighted by atomic mass is 10.1. The highest BCUT2D eigenvalue weighted by molar-refractivity contribution is 5.70. The summed E-state index contributed by atoms with van der Waals surface area (Å²) in [4.78, 5) is 22.8. The Morgan fingerprint density at radius 3 is 2.94 bits per heavy atom. The number of nitrogens with two attached hydrogens (primary N) is 1. The second kappa shape index (κ2) is 9.32. The van der Waals surface area contributed by atoms with Gasteiger partial charge in [0, 0.05) is 6.54 Å². The number of imidazole rings is 1. The number of rotatable bonds is 9. The molecule has 5 N–H and O–H groups in total. The van der Waals surface area contributed by atoms with Gasteiger partial charge in [0.1, 0.15) is 24.0 Å². The second-order valence-corrected chi connectivity index (χ2v) is 7.87. The Bertz CT molecular complexity index is 1050. The highest BCUT2D eigenvalue weighted by atomic mass is 16.6. The number of hydrogen-bond donors (Lipinski definition) is 4. The predicted molar refractivity (Wildman–Crippen MR) is 113 cm³/mol. The lowest BCUT2D eigenvalue weighted by Crippen LogP contribution is -2.42. The van der Waals surface area contributed by atoms with Crippen LogP contribution in [0.1, 0.15) is 38.8 Å². The van der Waals surface area contributed by atoms with Crippen molar-refractivity contribution in [2.75, 3.05) is 18.9 Å². The minimum Gasteiger partial charge on any atom is -0.394 e. The molecule has 1 unspecified atom stereocenters. The van der Waals surface area contributed by atoms with Crippen molar-refractivity contribution in [1.82, 2.24) is 24.5 Å². The Morgan fingerprint density at radius 2 is 2.19 bits per heavy atom. The zero-order valence-electron chi connectivity index (χ0n) is 17.8. The summed E-state index contributed by atoms with van der Waals surface area (Å²) in [5, 5.41) is 30.3. The number of H-pyrrole nitrogens is 1. The fourth-order valence-corrected chi connectivity index (χ4v) is 3.91. The van der Waals surface area contributed by atoms with Crippen molar-refractivity contribution < 1.29 is 19.7 Å². The number of nitrogen functional groups attached to an aromatic ring is 1. The first-order valence-electron chi connectivity index (χ1n) is 10.6. The van der Waals surface area contributed by atoms with Gasteiger partial charge in [-0.15, -0.1) is 5.11 Å². The summed E-state index contributed by atoms with van der Waals surface area (Å²) < 4.78 is 13.5. The molecule has 174 valence electrons. The Morgan fingerprint density at radius 1 is 1.38 bits per heavy atom. The van der Waals surface area contributed by atoms with Gasteiger partial charge in [-0.05, 0) is 6.42 Å². The van der Waals surface area contributed by atoms with Crippen molar-refractivity contribution in [2.24, 2.45) is 10.3 Å². The molecule has 0 radical (unpaired) electrons. The van der Waals surface area contributed by atoms with Crippen LogP contribution in [-0.2, 0) is 9.47 Å². The van der Waals surface area contributed by atoms with Crippen LogP contribution < -0.4 is 11.3 Å². The maximum Gasteiger partial charge on any atom is 0.280 e. The normalized spacial score (nSPS) is 27.8. The first kappa shape index (κ1) is 22.3. The molecule has 0 amide bonds. The predicted octanol–water partition coefficient (Wildman–Crippen LogP) is 0.441. The first-order valence-corrected chi connectivity index (χ1v) is 10.6. The maximum absolute atomic E-state index is 12.1. The van der Waals surface area contributed by atoms with E-state index >= 15 is 0 Å². The number of aliphatic hydroxyl groups is 2. The molecule has 0 aliphatic carbocycles. The fourth-order valence-electron chi connectivity index (χ4n) is 3.91. The van der Waals surface area contributed by atoms with Crippen LogP contribution in [0, 0.1) is 0 Å². The van der Waals surface area contributed by atoms with Gasteiger partial charge in [0.25, 0.3) is 5.56 Å². The topological polar surface area (TPSA) is 176 Å². The largest absolute Gasteiger partial charge is 0.394 e. The number of nitrogens with zero attached hydrogens (tertiary/aromatic N) is 6. The molecule has 0 saturated carbocycles. The summed E-state index contributed by atoms with van der Waals surface area (Å²) >= 11 is 0. The molecule has 1 fully saturated rings. The first-order chi connectivity index (χ1) is 15.4. The smallest absolute Gasteiger partial charge is 0.280 e. The lowest BCUT2D eigenvalue weighted by molar-refractivity contribution is -0.129. The third kappa shape index (κ3) is 4.11. The average molecular weight is 448 g/mol. The van der Waals surface area contributed by atoms with E-state index in [1.807, 2.05) is 0 Å². The van der Waals surface area contributed by atoms with Crippen molar-refractivity contribution in [1.29, 1.82) is 0 Å². The Kier molecular flexibility index (Phi) is 6.50. The summed E-state index contributed by atoms with van der Waals surface area (Å²) in [5.74, 6) is -0.0843. The van der Waals surface area contributed by atoms with Crippen LogP contribution in [-0.4, -0.2) is 72.4 Å². The van der Waals surface area contributed by atoms with Gasteiger partial charge in [-0.3, -0.25) is 14.3 Å². The molecule has 0 aromatic carbocycles. The standard InChI is InChI=1S/C19H28N8O5/c1-3-4-5-6-7-27-17(10(2)24-25-27)32-14-13(29)11(8-28)31-18(14)26-9-21-12-15(26)22-19(20)23-16(12)30/h9,11,13-14,17-18,28-29H,2-8H2,1H3,(H3,20,22,23,30)/t11-,13-,14-,17?,18-/m1/s1. The SMILES string of the molecule is C=C1N=NN(CCCCCC)C1O[C@@H]1[C@H](O)[C@@H](CO)O[C@H]1n1cnc2c(=O)[nH]c(N)nc21. The number of aromatic amines is 1.